The quantitative estimate of drug-likeness (QED) is 0.668. The minimum Gasteiger partial charge on any atom is -0.508 e. The number of carbonyl (C=O) groups is 1. The van der Waals surface area contributed by atoms with Crippen molar-refractivity contribution in [1.82, 2.24) is 5.32 Å². The molecule has 0 bridgehead atoms. The SMILES string of the molecule is CC(CC(N)=O)NCc1ccc(O)cc1. The topological polar surface area (TPSA) is 75.4 Å². The lowest BCUT2D eigenvalue weighted by Crippen LogP contribution is -2.30. The number of carbonyl (C=O) groups excluding carboxylic acids is 1. The van der Waals surface area contributed by atoms with Gasteiger partial charge < -0.3 is 16.2 Å². The third-order valence-electron chi connectivity index (χ3n) is 2.10. The summed E-state index contributed by atoms with van der Waals surface area (Å²) in [7, 11) is 0. The Morgan fingerprint density at radius 2 is 2.07 bits per heavy atom. The van der Waals surface area contributed by atoms with Crippen molar-refractivity contribution in [3.63, 3.8) is 0 Å². The summed E-state index contributed by atoms with van der Waals surface area (Å²) in [5.74, 6) is -0.0513. The Hall–Kier alpha value is -1.55. The van der Waals surface area contributed by atoms with E-state index in [-0.39, 0.29) is 17.7 Å². The molecule has 1 amide bonds. The molecule has 4 nitrogen and oxygen atoms in total. The smallest absolute Gasteiger partial charge is 0.218 e. The van der Waals surface area contributed by atoms with Crippen molar-refractivity contribution in [2.75, 3.05) is 0 Å². The van der Waals surface area contributed by atoms with Gasteiger partial charge in [0.25, 0.3) is 0 Å². The molecule has 0 aromatic heterocycles. The Kier molecular flexibility index (Phi) is 4.12. The summed E-state index contributed by atoms with van der Waals surface area (Å²) < 4.78 is 0. The molecule has 0 aliphatic heterocycles. The molecule has 1 aromatic rings. The van der Waals surface area contributed by atoms with Crippen molar-refractivity contribution < 1.29 is 9.90 Å². The molecule has 0 heterocycles. The monoisotopic (exact) mass is 208 g/mol. The zero-order valence-electron chi connectivity index (χ0n) is 8.73. The highest BCUT2D eigenvalue weighted by Crippen LogP contribution is 2.09. The highest BCUT2D eigenvalue weighted by Gasteiger charge is 2.04. The van der Waals surface area contributed by atoms with Crippen LogP contribution in [0.3, 0.4) is 0 Å². The first kappa shape index (κ1) is 11.5. The van der Waals surface area contributed by atoms with Crippen LogP contribution in [0.5, 0.6) is 5.75 Å². The van der Waals surface area contributed by atoms with Crippen LogP contribution in [-0.2, 0) is 11.3 Å². The largest absolute Gasteiger partial charge is 0.508 e. The van der Waals surface area contributed by atoms with Gasteiger partial charge in [-0.15, -0.1) is 0 Å². The second-order valence-electron chi connectivity index (χ2n) is 3.62. The molecule has 1 rings (SSSR count). The Labute approximate surface area is 89.1 Å². The molecular weight excluding hydrogens is 192 g/mol. The number of amides is 1. The molecule has 0 radical (unpaired) electrons. The van der Waals surface area contributed by atoms with E-state index in [4.69, 9.17) is 10.8 Å². The van der Waals surface area contributed by atoms with Gasteiger partial charge in [0.2, 0.25) is 5.91 Å². The van der Waals surface area contributed by atoms with Crippen LogP contribution in [0.15, 0.2) is 24.3 Å². The maximum atomic E-state index is 10.6. The maximum absolute atomic E-state index is 10.6. The Morgan fingerprint density at radius 3 is 2.60 bits per heavy atom. The van der Waals surface area contributed by atoms with Gasteiger partial charge in [0.05, 0.1) is 0 Å². The summed E-state index contributed by atoms with van der Waals surface area (Å²) >= 11 is 0. The lowest BCUT2D eigenvalue weighted by atomic mass is 10.2. The van der Waals surface area contributed by atoms with Crippen LogP contribution < -0.4 is 11.1 Å². The Bertz CT molecular complexity index is 322. The molecule has 4 N–H and O–H groups in total. The van der Waals surface area contributed by atoms with Crippen molar-refractivity contribution in [2.45, 2.75) is 25.9 Å². The fourth-order valence-corrected chi connectivity index (χ4v) is 1.28. The second kappa shape index (κ2) is 5.36. The van der Waals surface area contributed by atoms with Gasteiger partial charge in [-0.25, -0.2) is 0 Å². The van der Waals surface area contributed by atoms with Gasteiger partial charge in [0.1, 0.15) is 5.75 Å². The van der Waals surface area contributed by atoms with E-state index in [1.54, 1.807) is 12.1 Å². The lowest BCUT2D eigenvalue weighted by Gasteiger charge is -2.11. The average Bonchev–Trinajstić information content (AvgIpc) is 2.16. The molecule has 0 saturated carbocycles. The van der Waals surface area contributed by atoms with E-state index in [0.29, 0.717) is 13.0 Å². The lowest BCUT2D eigenvalue weighted by molar-refractivity contribution is -0.118. The van der Waals surface area contributed by atoms with E-state index in [0.717, 1.165) is 5.56 Å². The summed E-state index contributed by atoms with van der Waals surface area (Å²) in [6, 6.07) is 7.00. The highest BCUT2D eigenvalue weighted by molar-refractivity contribution is 5.74. The van der Waals surface area contributed by atoms with Crippen molar-refractivity contribution >= 4 is 5.91 Å². The first-order chi connectivity index (χ1) is 7.08. The van der Waals surface area contributed by atoms with Gasteiger partial charge in [-0.3, -0.25) is 4.79 Å². The number of primary amides is 1. The molecule has 0 aliphatic carbocycles. The van der Waals surface area contributed by atoms with Crippen molar-refractivity contribution in [3.8, 4) is 5.75 Å². The van der Waals surface area contributed by atoms with Crippen molar-refractivity contribution in [3.05, 3.63) is 29.8 Å². The molecule has 15 heavy (non-hydrogen) atoms. The Balaban J connectivity index is 2.36. The molecule has 0 spiro atoms. The molecule has 1 unspecified atom stereocenters. The number of phenols is 1. The molecule has 0 fully saturated rings. The summed E-state index contributed by atoms with van der Waals surface area (Å²) in [4.78, 5) is 10.6. The van der Waals surface area contributed by atoms with Crippen LogP contribution in [-0.4, -0.2) is 17.1 Å². The van der Waals surface area contributed by atoms with Crippen LogP contribution in [0, 0.1) is 0 Å². The number of hydrogen-bond acceptors (Lipinski definition) is 3. The predicted octanol–water partition coefficient (Wildman–Crippen LogP) is 0.746. The zero-order chi connectivity index (χ0) is 11.3. The third kappa shape index (κ3) is 4.46. The van der Waals surface area contributed by atoms with Crippen LogP contribution in [0.2, 0.25) is 0 Å². The minimum absolute atomic E-state index is 0.0660. The van der Waals surface area contributed by atoms with E-state index < -0.39 is 0 Å². The number of phenolic OH excluding ortho intramolecular Hbond substituents is 1. The van der Waals surface area contributed by atoms with Crippen LogP contribution in [0.4, 0.5) is 0 Å². The molecule has 1 aromatic carbocycles. The number of rotatable bonds is 5. The summed E-state index contributed by atoms with van der Waals surface area (Å²) in [6.07, 6.45) is 0.331. The highest BCUT2D eigenvalue weighted by atomic mass is 16.3. The minimum atomic E-state index is -0.305. The summed E-state index contributed by atoms with van der Waals surface area (Å²) in [5.41, 5.74) is 6.13. The Morgan fingerprint density at radius 1 is 1.47 bits per heavy atom. The van der Waals surface area contributed by atoms with Gasteiger partial charge in [-0.2, -0.15) is 0 Å². The first-order valence-electron chi connectivity index (χ1n) is 4.87. The van der Waals surface area contributed by atoms with Crippen molar-refractivity contribution in [1.29, 1.82) is 0 Å². The fraction of sp³-hybridized carbons (Fsp3) is 0.364. The van der Waals surface area contributed by atoms with Crippen LogP contribution in [0.25, 0.3) is 0 Å². The maximum Gasteiger partial charge on any atom is 0.218 e. The van der Waals surface area contributed by atoms with E-state index >= 15 is 0 Å². The van der Waals surface area contributed by atoms with Gasteiger partial charge in [0.15, 0.2) is 0 Å². The number of benzene rings is 1. The van der Waals surface area contributed by atoms with Crippen molar-refractivity contribution in [2.24, 2.45) is 5.73 Å². The molecule has 1 atom stereocenters. The third-order valence-corrected chi connectivity index (χ3v) is 2.10. The van der Waals surface area contributed by atoms with E-state index in [1.165, 1.54) is 0 Å². The number of aromatic hydroxyl groups is 1. The molecule has 4 heteroatoms. The van der Waals surface area contributed by atoms with Gasteiger partial charge >= 0.3 is 0 Å². The van der Waals surface area contributed by atoms with Gasteiger partial charge in [0, 0.05) is 19.0 Å². The first-order valence-corrected chi connectivity index (χ1v) is 4.87. The van der Waals surface area contributed by atoms with Gasteiger partial charge in [-0.1, -0.05) is 12.1 Å². The fourth-order valence-electron chi connectivity index (χ4n) is 1.28. The van der Waals surface area contributed by atoms with E-state index in [2.05, 4.69) is 5.32 Å². The number of nitrogens with one attached hydrogen (secondary N) is 1. The predicted molar refractivity (Wildman–Crippen MR) is 58.2 cm³/mol. The molecular formula is C11H16N2O2. The second-order valence-corrected chi connectivity index (χ2v) is 3.62. The normalized spacial score (nSPS) is 12.3. The zero-order valence-corrected chi connectivity index (χ0v) is 8.73. The molecule has 0 aliphatic rings. The average molecular weight is 208 g/mol. The summed E-state index contributed by atoms with van der Waals surface area (Å²) in [6.45, 7) is 2.57. The standard InChI is InChI=1S/C11H16N2O2/c1-8(6-11(12)15)13-7-9-2-4-10(14)5-3-9/h2-5,8,13-14H,6-7H2,1H3,(H2,12,15). The number of nitrogens with two attached hydrogens (primary N) is 1. The number of hydrogen-bond donors (Lipinski definition) is 3. The molecule has 0 saturated heterocycles. The van der Waals surface area contributed by atoms with Crippen LogP contribution in [0.1, 0.15) is 18.9 Å². The van der Waals surface area contributed by atoms with Gasteiger partial charge in [-0.05, 0) is 24.6 Å². The summed E-state index contributed by atoms with van der Waals surface area (Å²) in [5, 5.41) is 12.2. The van der Waals surface area contributed by atoms with E-state index in [9.17, 15) is 4.79 Å². The van der Waals surface area contributed by atoms with Crippen LogP contribution >= 0.6 is 0 Å². The van der Waals surface area contributed by atoms with E-state index in [1.807, 2.05) is 19.1 Å². The molecule has 82 valence electrons.